The maximum atomic E-state index is 11.5. The SMILES string of the molecule is COC(=O)c1ccc(CSCCNc2cc(-c3cccc(Cl)c3C)nc(N)n2)cc1. The molecular weight excluding hydrogens is 420 g/mol. The van der Waals surface area contributed by atoms with Crippen LogP contribution < -0.4 is 11.1 Å². The van der Waals surface area contributed by atoms with Crippen LogP contribution >= 0.6 is 23.4 Å². The minimum atomic E-state index is -0.324. The first-order valence-corrected chi connectivity index (χ1v) is 10.9. The average molecular weight is 443 g/mol. The summed E-state index contributed by atoms with van der Waals surface area (Å²) in [5.74, 6) is 2.30. The number of carbonyl (C=O) groups is 1. The van der Waals surface area contributed by atoms with Gasteiger partial charge in [-0.25, -0.2) is 9.78 Å². The first-order valence-electron chi connectivity index (χ1n) is 9.37. The lowest BCUT2D eigenvalue weighted by Crippen LogP contribution is -2.08. The Balaban J connectivity index is 1.53. The van der Waals surface area contributed by atoms with Crippen molar-refractivity contribution in [3.05, 3.63) is 70.2 Å². The van der Waals surface area contributed by atoms with E-state index in [1.54, 1.807) is 23.9 Å². The summed E-state index contributed by atoms with van der Waals surface area (Å²) in [6.45, 7) is 2.69. The normalized spacial score (nSPS) is 10.6. The van der Waals surface area contributed by atoms with Crippen LogP contribution in [0.25, 0.3) is 11.3 Å². The van der Waals surface area contributed by atoms with Crippen LogP contribution in [0.4, 0.5) is 11.8 Å². The predicted octanol–water partition coefficient (Wildman–Crippen LogP) is 4.82. The molecule has 0 atom stereocenters. The van der Waals surface area contributed by atoms with Gasteiger partial charge < -0.3 is 15.8 Å². The minimum Gasteiger partial charge on any atom is -0.465 e. The number of halogens is 1. The summed E-state index contributed by atoms with van der Waals surface area (Å²) in [4.78, 5) is 20.1. The summed E-state index contributed by atoms with van der Waals surface area (Å²) >= 11 is 8.01. The molecule has 30 heavy (non-hydrogen) atoms. The van der Waals surface area contributed by atoms with E-state index >= 15 is 0 Å². The van der Waals surface area contributed by atoms with Crippen LogP contribution in [0, 0.1) is 6.92 Å². The van der Waals surface area contributed by atoms with Crippen LogP contribution in [0.5, 0.6) is 0 Å². The number of nitrogens with zero attached hydrogens (tertiary/aromatic N) is 2. The molecule has 0 saturated heterocycles. The van der Waals surface area contributed by atoms with Gasteiger partial charge in [-0.3, -0.25) is 0 Å². The highest BCUT2D eigenvalue weighted by Crippen LogP contribution is 2.28. The highest BCUT2D eigenvalue weighted by atomic mass is 35.5. The second kappa shape index (κ2) is 10.3. The molecule has 3 rings (SSSR count). The number of hydrogen-bond acceptors (Lipinski definition) is 7. The van der Waals surface area contributed by atoms with Gasteiger partial charge in [-0.1, -0.05) is 35.9 Å². The van der Waals surface area contributed by atoms with E-state index in [2.05, 4.69) is 15.3 Å². The molecule has 6 nitrogen and oxygen atoms in total. The number of aromatic nitrogens is 2. The van der Waals surface area contributed by atoms with Crippen molar-refractivity contribution >= 4 is 41.1 Å². The van der Waals surface area contributed by atoms with E-state index in [0.29, 0.717) is 16.4 Å². The fourth-order valence-corrected chi connectivity index (χ4v) is 3.87. The summed E-state index contributed by atoms with van der Waals surface area (Å²) in [6, 6.07) is 15.0. The molecule has 0 saturated carbocycles. The van der Waals surface area contributed by atoms with Gasteiger partial charge in [0.25, 0.3) is 0 Å². The minimum absolute atomic E-state index is 0.215. The quantitative estimate of drug-likeness (QED) is 0.381. The molecule has 0 unspecified atom stereocenters. The van der Waals surface area contributed by atoms with Gasteiger partial charge in [-0.05, 0) is 36.2 Å². The van der Waals surface area contributed by atoms with Crippen molar-refractivity contribution in [1.82, 2.24) is 9.97 Å². The Morgan fingerprint density at radius 1 is 1.20 bits per heavy atom. The predicted molar refractivity (Wildman–Crippen MR) is 124 cm³/mol. The molecule has 0 aliphatic heterocycles. The first kappa shape index (κ1) is 21.9. The molecule has 3 aromatic rings. The van der Waals surface area contributed by atoms with Gasteiger partial charge >= 0.3 is 5.97 Å². The number of nitrogen functional groups attached to an aromatic ring is 1. The van der Waals surface area contributed by atoms with Gasteiger partial charge in [0.1, 0.15) is 5.82 Å². The lowest BCUT2D eigenvalue weighted by Gasteiger charge is -2.11. The van der Waals surface area contributed by atoms with E-state index in [0.717, 1.165) is 40.4 Å². The van der Waals surface area contributed by atoms with Crippen molar-refractivity contribution in [2.24, 2.45) is 0 Å². The lowest BCUT2D eigenvalue weighted by atomic mass is 10.1. The van der Waals surface area contributed by atoms with Crippen molar-refractivity contribution in [2.45, 2.75) is 12.7 Å². The third-order valence-electron chi connectivity index (χ3n) is 4.48. The van der Waals surface area contributed by atoms with E-state index in [-0.39, 0.29) is 11.9 Å². The number of rotatable bonds is 8. The Morgan fingerprint density at radius 2 is 1.97 bits per heavy atom. The number of ether oxygens (including phenoxy) is 1. The Labute approximate surface area is 185 Å². The van der Waals surface area contributed by atoms with Crippen molar-refractivity contribution in [1.29, 1.82) is 0 Å². The molecule has 8 heteroatoms. The van der Waals surface area contributed by atoms with Crippen molar-refractivity contribution in [3.63, 3.8) is 0 Å². The van der Waals surface area contributed by atoms with Gasteiger partial charge in [0, 0.05) is 34.7 Å². The summed E-state index contributed by atoms with van der Waals surface area (Å²) < 4.78 is 4.71. The summed E-state index contributed by atoms with van der Waals surface area (Å²) in [7, 11) is 1.38. The molecule has 1 aromatic heterocycles. The lowest BCUT2D eigenvalue weighted by molar-refractivity contribution is 0.0600. The number of hydrogen-bond donors (Lipinski definition) is 2. The van der Waals surface area contributed by atoms with Crippen LogP contribution in [-0.2, 0) is 10.5 Å². The zero-order valence-electron chi connectivity index (χ0n) is 16.8. The highest BCUT2D eigenvalue weighted by molar-refractivity contribution is 7.98. The van der Waals surface area contributed by atoms with Gasteiger partial charge in [0.15, 0.2) is 0 Å². The molecule has 3 N–H and O–H groups in total. The third-order valence-corrected chi connectivity index (χ3v) is 5.92. The molecule has 0 fully saturated rings. The average Bonchev–Trinajstić information content (AvgIpc) is 2.75. The third kappa shape index (κ3) is 5.64. The molecule has 0 aliphatic carbocycles. The summed E-state index contributed by atoms with van der Waals surface area (Å²) in [6.07, 6.45) is 0. The number of carbonyl (C=O) groups excluding carboxylic acids is 1. The Bertz CT molecular complexity index is 1030. The number of thioether (sulfide) groups is 1. The van der Waals surface area contributed by atoms with Gasteiger partial charge in [-0.2, -0.15) is 16.7 Å². The summed E-state index contributed by atoms with van der Waals surface area (Å²) in [5.41, 5.74) is 10.2. The van der Waals surface area contributed by atoms with Gasteiger partial charge in [0.2, 0.25) is 5.95 Å². The first-order chi connectivity index (χ1) is 14.5. The van der Waals surface area contributed by atoms with Gasteiger partial charge in [-0.15, -0.1) is 0 Å². The maximum absolute atomic E-state index is 11.5. The molecule has 0 bridgehead atoms. The Hall–Kier alpha value is -2.77. The fraction of sp³-hybridized carbons (Fsp3) is 0.227. The zero-order chi connectivity index (χ0) is 21.5. The van der Waals surface area contributed by atoms with Gasteiger partial charge in [0.05, 0.1) is 18.4 Å². The Kier molecular flexibility index (Phi) is 7.54. The Morgan fingerprint density at radius 3 is 2.70 bits per heavy atom. The molecule has 0 amide bonds. The molecule has 0 aliphatic rings. The summed E-state index contributed by atoms with van der Waals surface area (Å²) in [5, 5.41) is 3.99. The van der Waals surface area contributed by atoms with Crippen LogP contribution in [0.3, 0.4) is 0 Å². The number of nitrogens with one attached hydrogen (secondary N) is 1. The topological polar surface area (TPSA) is 90.1 Å². The smallest absolute Gasteiger partial charge is 0.337 e. The van der Waals surface area contributed by atoms with Crippen molar-refractivity contribution < 1.29 is 9.53 Å². The van der Waals surface area contributed by atoms with E-state index in [9.17, 15) is 4.79 Å². The van der Waals surface area contributed by atoms with Crippen molar-refractivity contribution in [2.75, 3.05) is 30.5 Å². The highest BCUT2D eigenvalue weighted by Gasteiger charge is 2.09. The second-order valence-corrected chi connectivity index (χ2v) is 8.09. The molecule has 0 radical (unpaired) electrons. The largest absolute Gasteiger partial charge is 0.465 e. The van der Waals surface area contributed by atoms with E-state index in [1.165, 1.54) is 7.11 Å². The standard InChI is InChI=1S/C22H23ClN4O2S/c1-14-17(4-3-5-18(14)23)19-12-20(27-22(24)26-19)25-10-11-30-13-15-6-8-16(9-7-15)21(28)29-2/h3-9,12H,10-11,13H2,1-2H3,(H3,24,25,26,27). The number of esters is 1. The van der Waals surface area contributed by atoms with Crippen LogP contribution in [0.1, 0.15) is 21.5 Å². The van der Waals surface area contributed by atoms with E-state index in [4.69, 9.17) is 22.1 Å². The van der Waals surface area contributed by atoms with Crippen LogP contribution in [0.2, 0.25) is 5.02 Å². The molecule has 2 aromatic carbocycles. The van der Waals surface area contributed by atoms with Crippen molar-refractivity contribution in [3.8, 4) is 11.3 Å². The number of methoxy groups -OCH3 is 1. The zero-order valence-corrected chi connectivity index (χ0v) is 18.4. The van der Waals surface area contributed by atoms with Crippen LogP contribution in [-0.4, -0.2) is 35.3 Å². The maximum Gasteiger partial charge on any atom is 0.337 e. The fourth-order valence-electron chi connectivity index (χ4n) is 2.88. The molecule has 1 heterocycles. The van der Waals surface area contributed by atoms with E-state index in [1.807, 2.05) is 43.3 Å². The molecule has 0 spiro atoms. The second-order valence-electron chi connectivity index (χ2n) is 6.58. The number of nitrogens with two attached hydrogens (primary N) is 1. The molecular formula is C22H23ClN4O2S. The van der Waals surface area contributed by atoms with Crippen LogP contribution in [0.15, 0.2) is 48.5 Å². The number of benzene rings is 2. The molecule has 156 valence electrons. The monoisotopic (exact) mass is 442 g/mol. The number of anilines is 2. The van der Waals surface area contributed by atoms with E-state index < -0.39 is 0 Å².